The van der Waals surface area contributed by atoms with E-state index in [-0.39, 0.29) is 0 Å². The summed E-state index contributed by atoms with van der Waals surface area (Å²) >= 11 is 1.47. The highest BCUT2D eigenvalue weighted by atomic mass is 32.2. The van der Waals surface area contributed by atoms with E-state index in [9.17, 15) is 0 Å². The van der Waals surface area contributed by atoms with Gasteiger partial charge in [0.2, 0.25) is 0 Å². The van der Waals surface area contributed by atoms with Crippen molar-refractivity contribution in [3.05, 3.63) is 31.0 Å². The fraction of sp³-hybridized carbons (Fsp3) is 0.111. The van der Waals surface area contributed by atoms with Gasteiger partial charge in [-0.1, -0.05) is 17.8 Å². The van der Waals surface area contributed by atoms with Crippen molar-refractivity contribution in [3.8, 4) is 11.6 Å². The van der Waals surface area contributed by atoms with Gasteiger partial charge >= 0.3 is 0 Å². The third-order valence-corrected chi connectivity index (χ3v) is 2.37. The monoisotopic (exact) mass is 207 g/mol. The lowest BCUT2D eigenvalue weighted by atomic mass is 10.4. The number of nitrogens with one attached hydrogen (secondary N) is 1. The van der Waals surface area contributed by atoms with Gasteiger partial charge < -0.3 is 9.40 Å². The van der Waals surface area contributed by atoms with Gasteiger partial charge in [0.05, 0.1) is 0 Å². The Hall–Kier alpha value is -1.49. The second-order valence-corrected chi connectivity index (χ2v) is 3.53. The van der Waals surface area contributed by atoms with Crippen molar-refractivity contribution >= 4 is 11.8 Å². The topological polar surface area (TPSA) is 54.7 Å². The zero-order valence-corrected chi connectivity index (χ0v) is 8.25. The van der Waals surface area contributed by atoms with Crippen molar-refractivity contribution in [2.45, 2.75) is 5.22 Å². The number of rotatable bonds is 4. The van der Waals surface area contributed by atoms with Gasteiger partial charge in [-0.3, -0.25) is 0 Å². The first-order valence-electron chi connectivity index (χ1n) is 4.11. The number of thioether (sulfide) groups is 1. The van der Waals surface area contributed by atoms with Crippen LogP contribution in [0.15, 0.2) is 40.6 Å². The molecule has 0 aliphatic carbocycles. The number of H-pyrrole nitrogens is 1. The van der Waals surface area contributed by atoms with Gasteiger partial charge in [-0.05, 0) is 12.1 Å². The molecule has 5 heteroatoms. The zero-order chi connectivity index (χ0) is 9.80. The quantitative estimate of drug-likeness (QED) is 0.617. The molecule has 72 valence electrons. The molecule has 4 nitrogen and oxygen atoms in total. The van der Waals surface area contributed by atoms with Gasteiger partial charge in [0.15, 0.2) is 0 Å². The summed E-state index contributed by atoms with van der Waals surface area (Å²) in [6, 6.07) is 3.77. The van der Waals surface area contributed by atoms with E-state index in [2.05, 4.69) is 21.8 Å². The molecule has 2 aromatic rings. The third-order valence-electron chi connectivity index (χ3n) is 1.56. The molecule has 14 heavy (non-hydrogen) atoms. The van der Waals surface area contributed by atoms with E-state index in [0.717, 1.165) is 11.4 Å². The van der Waals surface area contributed by atoms with Crippen molar-refractivity contribution in [1.82, 2.24) is 15.2 Å². The predicted molar refractivity (Wildman–Crippen MR) is 55.0 cm³/mol. The minimum atomic E-state index is 0.515. The first kappa shape index (κ1) is 9.08. The Balaban J connectivity index is 2.14. The summed E-state index contributed by atoms with van der Waals surface area (Å²) in [4.78, 5) is 3.00. The van der Waals surface area contributed by atoms with Crippen LogP contribution < -0.4 is 0 Å². The van der Waals surface area contributed by atoms with E-state index in [1.54, 1.807) is 6.08 Å². The van der Waals surface area contributed by atoms with E-state index in [0.29, 0.717) is 11.1 Å². The molecule has 1 N–H and O–H groups in total. The van der Waals surface area contributed by atoms with Crippen LogP contribution in [0.2, 0.25) is 0 Å². The SMILES string of the molecule is C=CCSc1nnc(-c2ccc[nH]2)o1. The number of aromatic nitrogens is 3. The molecule has 2 rings (SSSR count). The molecular weight excluding hydrogens is 198 g/mol. The predicted octanol–water partition coefficient (Wildman–Crippen LogP) is 2.34. The molecule has 0 aliphatic heterocycles. The Morgan fingerprint density at radius 2 is 2.50 bits per heavy atom. The molecule has 2 heterocycles. The van der Waals surface area contributed by atoms with Crippen molar-refractivity contribution in [2.75, 3.05) is 5.75 Å². The smallest absolute Gasteiger partial charge is 0.277 e. The highest BCUT2D eigenvalue weighted by molar-refractivity contribution is 7.99. The van der Waals surface area contributed by atoms with Crippen LogP contribution in [0.3, 0.4) is 0 Å². The minimum Gasteiger partial charge on any atom is -0.410 e. The third kappa shape index (κ3) is 1.88. The Bertz CT molecular complexity index is 407. The van der Waals surface area contributed by atoms with Crippen LogP contribution in [-0.4, -0.2) is 20.9 Å². The molecule has 0 saturated heterocycles. The summed E-state index contributed by atoms with van der Waals surface area (Å²) in [5.41, 5.74) is 0.836. The van der Waals surface area contributed by atoms with Gasteiger partial charge in [-0.15, -0.1) is 16.8 Å². The number of aromatic amines is 1. The molecule has 2 aromatic heterocycles. The molecule has 0 aliphatic rings. The van der Waals surface area contributed by atoms with Crippen molar-refractivity contribution in [3.63, 3.8) is 0 Å². The minimum absolute atomic E-state index is 0.515. The van der Waals surface area contributed by atoms with E-state index < -0.39 is 0 Å². The molecule has 0 radical (unpaired) electrons. The first-order chi connectivity index (χ1) is 6.90. The van der Waals surface area contributed by atoms with Gasteiger partial charge in [0.25, 0.3) is 11.1 Å². The summed E-state index contributed by atoms with van der Waals surface area (Å²) in [6.07, 6.45) is 3.61. The fourth-order valence-electron chi connectivity index (χ4n) is 0.971. The highest BCUT2D eigenvalue weighted by Gasteiger charge is 2.07. The molecule has 0 unspecified atom stereocenters. The Kier molecular flexibility index (Phi) is 2.69. The highest BCUT2D eigenvalue weighted by Crippen LogP contribution is 2.21. The van der Waals surface area contributed by atoms with E-state index in [1.807, 2.05) is 18.3 Å². The molecule has 0 aromatic carbocycles. The maximum atomic E-state index is 5.39. The average molecular weight is 207 g/mol. The maximum absolute atomic E-state index is 5.39. The van der Waals surface area contributed by atoms with Gasteiger partial charge in [0.1, 0.15) is 5.69 Å². The lowest BCUT2D eigenvalue weighted by Gasteiger charge is -1.88. The van der Waals surface area contributed by atoms with Crippen molar-refractivity contribution in [2.24, 2.45) is 0 Å². The Morgan fingerprint density at radius 1 is 1.57 bits per heavy atom. The molecule has 0 atom stereocenters. The maximum Gasteiger partial charge on any atom is 0.277 e. The van der Waals surface area contributed by atoms with Crippen molar-refractivity contribution < 1.29 is 4.42 Å². The van der Waals surface area contributed by atoms with Crippen LogP contribution in [0.4, 0.5) is 0 Å². The fourth-order valence-corrected chi connectivity index (χ4v) is 1.47. The van der Waals surface area contributed by atoms with E-state index in [4.69, 9.17) is 4.42 Å². The molecule has 0 saturated carbocycles. The standard InChI is InChI=1S/C9H9N3OS/c1-2-6-14-9-12-11-8(13-9)7-4-3-5-10-7/h2-5,10H,1,6H2. The van der Waals surface area contributed by atoms with Gasteiger partial charge in [-0.2, -0.15) is 0 Å². The van der Waals surface area contributed by atoms with Crippen LogP contribution in [0.25, 0.3) is 11.6 Å². The van der Waals surface area contributed by atoms with E-state index in [1.165, 1.54) is 11.8 Å². The van der Waals surface area contributed by atoms with Crippen molar-refractivity contribution in [1.29, 1.82) is 0 Å². The first-order valence-corrected chi connectivity index (χ1v) is 5.09. The van der Waals surface area contributed by atoms with Crippen LogP contribution >= 0.6 is 11.8 Å². The van der Waals surface area contributed by atoms with Crippen LogP contribution in [0.5, 0.6) is 0 Å². The zero-order valence-electron chi connectivity index (χ0n) is 7.43. The average Bonchev–Trinajstić information content (AvgIpc) is 2.85. The molecule has 0 fully saturated rings. The number of hydrogen-bond acceptors (Lipinski definition) is 4. The van der Waals surface area contributed by atoms with Gasteiger partial charge in [0, 0.05) is 11.9 Å². The van der Waals surface area contributed by atoms with Crippen LogP contribution in [0, 0.1) is 0 Å². The number of nitrogens with zero attached hydrogens (tertiary/aromatic N) is 2. The van der Waals surface area contributed by atoms with Crippen LogP contribution in [-0.2, 0) is 0 Å². The summed E-state index contributed by atoms with van der Waals surface area (Å²) in [7, 11) is 0. The number of hydrogen-bond donors (Lipinski definition) is 1. The van der Waals surface area contributed by atoms with Crippen LogP contribution in [0.1, 0.15) is 0 Å². The lowest BCUT2D eigenvalue weighted by Crippen LogP contribution is -1.75. The molecule has 0 bridgehead atoms. The summed E-state index contributed by atoms with van der Waals surface area (Å²) in [5.74, 6) is 1.29. The van der Waals surface area contributed by atoms with Gasteiger partial charge in [-0.25, -0.2) is 0 Å². The molecular formula is C9H9N3OS. The summed E-state index contributed by atoms with van der Waals surface area (Å²) in [6.45, 7) is 3.62. The van der Waals surface area contributed by atoms with E-state index >= 15 is 0 Å². The second kappa shape index (κ2) is 4.15. The Labute approximate surface area is 85.4 Å². The molecule has 0 spiro atoms. The second-order valence-electron chi connectivity index (χ2n) is 2.56. The Morgan fingerprint density at radius 3 is 3.21 bits per heavy atom. The normalized spacial score (nSPS) is 10.3. The summed E-state index contributed by atoms with van der Waals surface area (Å²) < 4.78 is 5.39. The summed E-state index contributed by atoms with van der Waals surface area (Å²) in [5, 5.41) is 8.36. The lowest BCUT2D eigenvalue weighted by molar-refractivity contribution is 0.465. The largest absolute Gasteiger partial charge is 0.410 e. The molecule has 0 amide bonds.